The summed E-state index contributed by atoms with van der Waals surface area (Å²) in [4.78, 5) is 9.86. The van der Waals surface area contributed by atoms with Crippen molar-refractivity contribution in [2.24, 2.45) is 11.7 Å². The lowest BCUT2D eigenvalue weighted by Crippen LogP contribution is -2.11. The second kappa shape index (κ2) is 5.72. The molecule has 4 nitrogen and oxygen atoms in total. The molecule has 0 aliphatic heterocycles. The van der Waals surface area contributed by atoms with Crippen LogP contribution in [-0.4, -0.2) is 4.92 Å². The Labute approximate surface area is 99.8 Å². The average molecular weight is 240 g/mol. The maximum Gasteiger partial charge on any atom is 0.305 e. The van der Waals surface area contributed by atoms with Gasteiger partial charge in [0.2, 0.25) is 5.82 Å². The molecule has 1 aromatic rings. The van der Waals surface area contributed by atoms with E-state index in [-0.39, 0.29) is 6.04 Å². The SMILES string of the molecule is CC(C)CC[C@@H](N)c1ccc(F)c([N+](=O)[O-])c1. The van der Waals surface area contributed by atoms with Crippen molar-refractivity contribution in [2.75, 3.05) is 0 Å². The van der Waals surface area contributed by atoms with Crippen LogP contribution in [0.25, 0.3) is 0 Å². The quantitative estimate of drug-likeness (QED) is 0.634. The van der Waals surface area contributed by atoms with Gasteiger partial charge in [-0.25, -0.2) is 0 Å². The minimum atomic E-state index is -0.824. The van der Waals surface area contributed by atoms with E-state index in [1.807, 2.05) is 0 Å². The number of nitro benzene ring substituents is 1. The number of hydrogen-bond donors (Lipinski definition) is 1. The molecule has 0 unspecified atom stereocenters. The van der Waals surface area contributed by atoms with Crippen molar-refractivity contribution in [2.45, 2.75) is 32.7 Å². The zero-order valence-corrected chi connectivity index (χ0v) is 10.0. The van der Waals surface area contributed by atoms with Crippen molar-refractivity contribution >= 4 is 5.69 Å². The Morgan fingerprint density at radius 3 is 2.59 bits per heavy atom. The first-order valence-electron chi connectivity index (χ1n) is 5.61. The topological polar surface area (TPSA) is 69.2 Å². The van der Waals surface area contributed by atoms with Crippen LogP contribution in [0.15, 0.2) is 18.2 Å². The Hall–Kier alpha value is -1.49. The Morgan fingerprint density at radius 2 is 2.06 bits per heavy atom. The van der Waals surface area contributed by atoms with Gasteiger partial charge in [-0.3, -0.25) is 10.1 Å². The summed E-state index contributed by atoms with van der Waals surface area (Å²) < 4.78 is 13.1. The molecule has 1 aromatic carbocycles. The van der Waals surface area contributed by atoms with E-state index in [9.17, 15) is 14.5 Å². The molecule has 0 radical (unpaired) electrons. The van der Waals surface area contributed by atoms with Crippen LogP contribution in [0, 0.1) is 21.8 Å². The summed E-state index contributed by atoms with van der Waals surface area (Å²) in [5.41, 5.74) is 6.02. The average Bonchev–Trinajstić information content (AvgIpc) is 2.26. The first-order chi connectivity index (χ1) is 7.91. The van der Waals surface area contributed by atoms with Crippen molar-refractivity contribution in [1.82, 2.24) is 0 Å². The summed E-state index contributed by atoms with van der Waals surface area (Å²) in [6, 6.07) is 3.55. The first-order valence-corrected chi connectivity index (χ1v) is 5.61. The molecule has 0 saturated heterocycles. The molecule has 5 heteroatoms. The number of rotatable bonds is 5. The molecule has 1 atom stereocenters. The molecule has 0 aliphatic carbocycles. The molecule has 0 aromatic heterocycles. The van der Waals surface area contributed by atoms with Gasteiger partial charge in [0.25, 0.3) is 0 Å². The third-order valence-electron chi connectivity index (χ3n) is 2.65. The second-order valence-electron chi connectivity index (χ2n) is 4.55. The van der Waals surface area contributed by atoms with Gasteiger partial charge in [-0.05, 0) is 30.4 Å². The summed E-state index contributed by atoms with van der Waals surface area (Å²) in [6.45, 7) is 4.17. The molecule has 17 heavy (non-hydrogen) atoms. The molecule has 0 saturated carbocycles. The number of hydrogen-bond acceptors (Lipinski definition) is 3. The first kappa shape index (κ1) is 13.6. The van der Waals surface area contributed by atoms with Gasteiger partial charge in [0.15, 0.2) is 0 Å². The number of nitrogens with zero attached hydrogens (tertiary/aromatic N) is 1. The predicted octanol–water partition coefficient (Wildman–Crippen LogP) is 3.17. The third-order valence-corrected chi connectivity index (χ3v) is 2.65. The zero-order valence-electron chi connectivity index (χ0n) is 10.0. The summed E-state index contributed by atoms with van der Waals surface area (Å²) in [6.07, 6.45) is 1.67. The van der Waals surface area contributed by atoms with Crippen LogP contribution < -0.4 is 5.73 Å². The van der Waals surface area contributed by atoms with Gasteiger partial charge in [-0.1, -0.05) is 19.9 Å². The molecule has 0 fully saturated rings. The lowest BCUT2D eigenvalue weighted by molar-refractivity contribution is -0.387. The minimum Gasteiger partial charge on any atom is -0.324 e. The standard InChI is InChI=1S/C12H17FN2O2/c1-8(2)3-6-11(14)9-4-5-10(13)12(7-9)15(16)17/h4-5,7-8,11H,3,6,14H2,1-2H3/t11-/m1/s1. The molecule has 0 aliphatic rings. The maximum absolute atomic E-state index is 13.1. The summed E-state index contributed by atoms with van der Waals surface area (Å²) in [7, 11) is 0. The molecular formula is C12H17FN2O2. The fourth-order valence-corrected chi connectivity index (χ4v) is 1.58. The highest BCUT2D eigenvalue weighted by Gasteiger charge is 2.17. The van der Waals surface area contributed by atoms with Crippen LogP contribution in [0.2, 0.25) is 0 Å². The van der Waals surface area contributed by atoms with Crippen LogP contribution in [0.1, 0.15) is 38.3 Å². The Morgan fingerprint density at radius 1 is 1.41 bits per heavy atom. The molecule has 0 spiro atoms. The highest BCUT2D eigenvalue weighted by molar-refractivity contribution is 5.37. The van der Waals surface area contributed by atoms with Gasteiger partial charge in [-0.2, -0.15) is 4.39 Å². The Kier molecular flexibility index (Phi) is 4.57. The Bertz CT molecular complexity index is 407. The van der Waals surface area contributed by atoms with Gasteiger partial charge < -0.3 is 5.73 Å². The van der Waals surface area contributed by atoms with Crippen LogP contribution in [0.5, 0.6) is 0 Å². The monoisotopic (exact) mass is 240 g/mol. The van der Waals surface area contributed by atoms with Crippen molar-refractivity contribution in [1.29, 1.82) is 0 Å². The fourth-order valence-electron chi connectivity index (χ4n) is 1.58. The predicted molar refractivity (Wildman–Crippen MR) is 64.1 cm³/mol. The van der Waals surface area contributed by atoms with Gasteiger partial charge >= 0.3 is 5.69 Å². The highest BCUT2D eigenvalue weighted by Crippen LogP contribution is 2.24. The zero-order chi connectivity index (χ0) is 13.0. The van der Waals surface area contributed by atoms with Gasteiger partial charge in [-0.15, -0.1) is 0 Å². The van der Waals surface area contributed by atoms with Crippen molar-refractivity contribution in [3.05, 3.63) is 39.7 Å². The number of nitro groups is 1. The van der Waals surface area contributed by atoms with E-state index in [1.54, 1.807) is 0 Å². The smallest absolute Gasteiger partial charge is 0.305 e. The molecule has 0 amide bonds. The maximum atomic E-state index is 13.1. The van der Waals surface area contributed by atoms with E-state index in [2.05, 4.69) is 13.8 Å². The summed E-state index contributed by atoms with van der Waals surface area (Å²) >= 11 is 0. The molecule has 0 heterocycles. The van der Waals surface area contributed by atoms with Crippen LogP contribution in [0.3, 0.4) is 0 Å². The van der Waals surface area contributed by atoms with Crippen LogP contribution in [-0.2, 0) is 0 Å². The van der Waals surface area contributed by atoms with E-state index in [1.165, 1.54) is 12.1 Å². The van der Waals surface area contributed by atoms with E-state index < -0.39 is 16.4 Å². The normalized spacial score (nSPS) is 12.8. The van der Waals surface area contributed by atoms with E-state index in [0.29, 0.717) is 11.5 Å². The number of benzene rings is 1. The number of halogens is 1. The molecule has 94 valence electrons. The summed E-state index contributed by atoms with van der Waals surface area (Å²) in [5.74, 6) is -0.300. The lowest BCUT2D eigenvalue weighted by Gasteiger charge is -2.13. The largest absolute Gasteiger partial charge is 0.324 e. The second-order valence-corrected chi connectivity index (χ2v) is 4.55. The molecule has 1 rings (SSSR count). The molecule has 2 N–H and O–H groups in total. The van der Waals surface area contributed by atoms with Gasteiger partial charge in [0.1, 0.15) is 0 Å². The van der Waals surface area contributed by atoms with Crippen molar-refractivity contribution < 1.29 is 9.31 Å². The highest BCUT2D eigenvalue weighted by atomic mass is 19.1. The van der Waals surface area contributed by atoms with Gasteiger partial charge in [0.05, 0.1) is 4.92 Å². The Balaban J connectivity index is 2.84. The van der Waals surface area contributed by atoms with E-state index in [4.69, 9.17) is 5.73 Å². The van der Waals surface area contributed by atoms with E-state index in [0.717, 1.165) is 18.9 Å². The summed E-state index contributed by atoms with van der Waals surface area (Å²) in [5, 5.41) is 10.6. The minimum absolute atomic E-state index is 0.281. The fraction of sp³-hybridized carbons (Fsp3) is 0.500. The van der Waals surface area contributed by atoms with E-state index >= 15 is 0 Å². The van der Waals surface area contributed by atoms with Gasteiger partial charge in [0, 0.05) is 12.1 Å². The van der Waals surface area contributed by atoms with Crippen LogP contribution >= 0.6 is 0 Å². The lowest BCUT2D eigenvalue weighted by atomic mass is 9.98. The van der Waals surface area contributed by atoms with Crippen molar-refractivity contribution in [3.8, 4) is 0 Å². The third kappa shape index (κ3) is 3.78. The number of nitrogens with two attached hydrogens (primary N) is 1. The van der Waals surface area contributed by atoms with Crippen molar-refractivity contribution in [3.63, 3.8) is 0 Å². The molecular weight excluding hydrogens is 223 g/mol. The molecule has 0 bridgehead atoms. The van der Waals surface area contributed by atoms with Crippen LogP contribution in [0.4, 0.5) is 10.1 Å².